The summed E-state index contributed by atoms with van der Waals surface area (Å²) < 4.78 is 5.87. The molecule has 1 atom stereocenters. The van der Waals surface area contributed by atoms with Gasteiger partial charge in [-0.1, -0.05) is 18.2 Å². The van der Waals surface area contributed by atoms with Crippen molar-refractivity contribution in [3.8, 4) is 0 Å². The van der Waals surface area contributed by atoms with E-state index in [0.29, 0.717) is 11.5 Å². The third-order valence-electron chi connectivity index (χ3n) is 4.48. The zero-order chi connectivity index (χ0) is 13.2. The average Bonchev–Trinajstić information content (AvgIpc) is 2.79. The third-order valence-corrected chi connectivity index (χ3v) is 4.48. The SMILES string of the molecule is C=C(C)C(=O)OC1(C2CC=C(C)CC2)CCCC1. The number of carbonyl (C=O) groups is 1. The molecule has 0 N–H and O–H groups in total. The molecule has 2 aliphatic carbocycles. The normalized spacial score (nSPS) is 26.6. The van der Waals surface area contributed by atoms with Crippen LogP contribution in [0.2, 0.25) is 0 Å². The summed E-state index contributed by atoms with van der Waals surface area (Å²) in [7, 11) is 0. The van der Waals surface area contributed by atoms with Gasteiger partial charge in [0.25, 0.3) is 0 Å². The van der Waals surface area contributed by atoms with Gasteiger partial charge in [-0.25, -0.2) is 4.79 Å². The second kappa shape index (κ2) is 5.29. The summed E-state index contributed by atoms with van der Waals surface area (Å²) in [6.45, 7) is 7.62. The number of allylic oxidation sites excluding steroid dienone is 2. The molecule has 0 aliphatic heterocycles. The molecule has 2 aliphatic rings. The Kier molecular flexibility index (Phi) is 3.94. The molecule has 0 heterocycles. The number of ether oxygens (including phenoxy) is 1. The molecule has 0 spiro atoms. The molecule has 0 aromatic heterocycles. The van der Waals surface area contributed by atoms with E-state index in [9.17, 15) is 4.79 Å². The molecule has 0 aromatic carbocycles. The first-order valence-corrected chi connectivity index (χ1v) is 7.08. The highest BCUT2D eigenvalue weighted by Gasteiger charge is 2.44. The summed E-state index contributed by atoms with van der Waals surface area (Å²) in [5.41, 5.74) is 1.79. The quantitative estimate of drug-likeness (QED) is 0.426. The molecular formula is C16H24O2. The zero-order valence-corrected chi connectivity index (χ0v) is 11.6. The molecule has 0 saturated heterocycles. The van der Waals surface area contributed by atoms with Crippen LogP contribution in [-0.4, -0.2) is 11.6 Å². The molecule has 18 heavy (non-hydrogen) atoms. The third kappa shape index (κ3) is 2.68. The van der Waals surface area contributed by atoms with Gasteiger partial charge in [0.1, 0.15) is 5.60 Å². The van der Waals surface area contributed by atoms with E-state index in [2.05, 4.69) is 19.6 Å². The molecule has 0 amide bonds. The fraction of sp³-hybridized carbons (Fsp3) is 0.688. The van der Waals surface area contributed by atoms with Crippen LogP contribution in [0, 0.1) is 5.92 Å². The Morgan fingerprint density at radius 1 is 1.44 bits per heavy atom. The molecular weight excluding hydrogens is 224 g/mol. The highest BCUT2D eigenvalue weighted by Crippen LogP contribution is 2.45. The minimum absolute atomic E-state index is 0.201. The molecule has 0 radical (unpaired) electrons. The van der Waals surface area contributed by atoms with Gasteiger partial charge in [0, 0.05) is 11.5 Å². The topological polar surface area (TPSA) is 26.3 Å². The van der Waals surface area contributed by atoms with Crippen molar-refractivity contribution in [1.29, 1.82) is 0 Å². The van der Waals surface area contributed by atoms with Gasteiger partial charge in [-0.05, 0) is 58.8 Å². The Bertz CT molecular complexity index is 373. The van der Waals surface area contributed by atoms with Gasteiger partial charge < -0.3 is 4.74 Å². The lowest BCUT2D eigenvalue weighted by Gasteiger charge is -2.38. The van der Waals surface area contributed by atoms with Gasteiger partial charge in [0.15, 0.2) is 0 Å². The second-order valence-electron chi connectivity index (χ2n) is 5.96. The second-order valence-corrected chi connectivity index (χ2v) is 5.96. The van der Waals surface area contributed by atoms with Gasteiger partial charge in [0.2, 0.25) is 0 Å². The Balaban J connectivity index is 2.12. The van der Waals surface area contributed by atoms with Crippen molar-refractivity contribution in [2.45, 2.75) is 64.4 Å². The first-order chi connectivity index (χ1) is 8.53. The van der Waals surface area contributed by atoms with E-state index in [1.165, 1.54) is 18.4 Å². The van der Waals surface area contributed by atoms with E-state index in [0.717, 1.165) is 32.1 Å². The maximum absolute atomic E-state index is 11.9. The van der Waals surface area contributed by atoms with Crippen LogP contribution in [0.1, 0.15) is 58.8 Å². The van der Waals surface area contributed by atoms with E-state index < -0.39 is 0 Å². The monoisotopic (exact) mass is 248 g/mol. The lowest BCUT2D eigenvalue weighted by molar-refractivity contribution is -0.161. The van der Waals surface area contributed by atoms with Crippen LogP contribution in [-0.2, 0) is 9.53 Å². The summed E-state index contributed by atoms with van der Waals surface area (Å²) in [6.07, 6.45) is 10.1. The minimum atomic E-state index is -0.205. The predicted octanol–water partition coefficient (Wildman–Crippen LogP) is 4.16. The fourth-order valence-electron chi connectivity index (χ4n) is 3.28. The van der Waals surface area contributed by atoms with Crippen LogP contribution < -0.4 is 0 Å². The number of rotatable bonds is 3. The lowest BCUT2D eigenvalue weighted by Crippen LogP contribution is -2.41. The smallest absolute Gasteiger partial charge is 0.333 e. The van der Waals surface area contributed by atoms with Gasteiger partial charge in [-0.3, -0.25) is 0 Å². The van der Waals surface area contributed by atoms with E-state index in [1.807, 2.05) is 0 Å². The van der Waals surface area contributed by atoms with Gasteiger partial charge in [-0.2, -0.15) is 0 Å². The van der Waals surface area contributed by atoms with Crippen molar-refractivity contribution in [2.24, 2.45) is 5.92 Å². The van der Waals surface area contributed by atoms with Crippen molar-refractivity contribution >= 4 is 5.97 Å². The number of hydrogen-bond donors (Lipinski definition) is 0. The predicted molar refractivity (Wildman–Crippen MR) is 73.2 cm³/mol. The van der Waals surface area contributed by atoms with Crippen LogP contribution >= 0.6 is 0 Å². The Hall–Kier alpha value is -1.05. The molecule has 0 bridgehead atoms. The van der Waals surface area contributed by atoms with Crippen LogP contribution in [0.25, 0.3) is 0 Å². The van der Waals surface area contributed by atoms with Crippen molar-refractivity contribution in [2.75, 3.05) is 0 Å². The number of carbonyl (C=O) groups excluding carboxylic acids is 1. The molecule has 0 aromatic rings. The lowest BCUT2D eigenvalue weighted by atomic mass is 9.76. The number of hydrogen-bond acceptors (Lipinski definition) is 2. The highest BCUT2D eigenvalue weighted by molar-refractivity contribution is 5.87. The van der Waals surface area contributed by atoms with Crippen molar-refractivity contribution < 1.29 is 9.53 Å². The molecule has 100 valence electrons. The molecule has 2 rings (SSSR count). The number of esters is 1. The standard InChI is InChI=1S/C16H24O2/c1-12(2)15(17)18-16(10-4-5-11-16)14-8-6-13(3)7-9-14/h6,14H,1,4-5,7-11H2,2-3H3. The van der Waals surface area contributed by atoms with Crippen LogP contribution in [0.5, 0.6) is 0 Å². The van der Waals surface area contributed by atoms with Crippen molar-refractivity contribution in [3.63, 3.8) is 0 Å². The van der Waals surface area contributed by atoms with E-state index >= 15 is 0 Å². The minimum Gasteiger partial charge on any atom is -0.455 e. The van der Waals surface area contributed by atoms with E-state index in [-0.39, 0.29) is 11.6 Å². The average molecular weight is 248 g/mol. The Morgan fingerprint density at radius 2 is 2.11 bits per heavy atom. The Morgan fingerprint density at radius 3 is 2.61 bits per heavy atom. The van der Waals surface area contributed by atoms with Crippen molar-refractivity contribution in [1.82, 2.24) is 0 Å². The maximum atomic E-state index is 11.9. The molecule has 1 unspecified atom stereocenters. The molecule has 2 nitrogen and oxygen atoms in total. The molecule has 1 saturated carbocycles. The summed E-state index contributed by atoms with van der Waals surface area (Å²) in [6, 6.07) is 0. The highest BCUT2D eigenvalue weighted by atomic mass is 16.6. The molecule has 1 fully saturated rings. The van der Waals surface area contributed by atoms with E-state index in [4.69, 9.17) is 4.74 Å². The Labute approximate surface area is 110 Å². The largest absolute Gasteiger partial charge is 0.455 e. The first kappa shape index (κ1) is 13.4. The van der Waals surface area contributed by atoms with Gasteiger partial charge >= 0.3 is 5.97 Å². The fourth-order valence-corrected chi connectivity index (χ4v) is 3.28. The maximum Gasteiger partial charge on any atom is 0.333 e. The van der Waals surface area contributed by atoms with Gasteiger partial charge in [-0.15, -0.1) is 0 Å². The summed E-state index contributed by atoms with van der Waals surface area (Å²) >= 11 is 0. The summed E-state index contributed by atoms with van der Waals surface area (Å²) in [5.74, 6) is 0.301. The summed E-state index contributed by atoms with van der Waals surface area (Å²) in [4.78, 5) is 11.9. The van der Waals surface area contributed by atoms with Crippen molar-refractivity contribution in [3.05, 3.63) is 23.8 Å². The van der Waals surface area contributed by atoms with E-state index in [1.54, 1.807) is 6.92 Å². The summed E-state index contributed by atoms with van der Waals surface area (Å²) in [5, 5.41) is 0. The molecule has 2 heteroatoms. The van der Waals surface area contributed by atoms with Crippen LogP contribution in [0.4, 0.5) is 0 Å². The van der Waals surface area contributed by atoms with Crippen LogP contribution in [0.15, 0.2) is 23.8 Å². The van der Waals surface area contributed by atoms with Crippen LogP contribution in [0.3, 0.4) is 0 Å². The zero-order valence-electron chi connectivity index (χ0n) is 11.6. The van der Waals surface area contributed by atoms with Gasteiger partial charge in [0.05, 0.1) is 0 Å². The first-order valence-electron chi connectivity index (χ1n) is 7.08.